The Morgan fingerprint density at radius 1 is 0.803 bits per heavy atom. The summed E-state index contributed by atoms with van der Waals surface area (Å²) in [5, 5.41) is 14.1. The van der Waals surface area contributed by atoms with Gasteiger partial charge in [-0.3, -0.25) is 34.2 Å². The van der Waals surface area contributed by atoms with Crippen molar-refractivity contribution in [2.24, 2.45) is 11.7 Å². The summed E-state index contributed by atoms with van der Waals surface area (Å²) in [6.07, 6.45) is 6.20. The minimum atomic E-state index is -0.979. The fraction of sp³-hybridized carbons (Fsp3) is 0.512. The molecule has 1 saturated carbocycles. The number of aromatic nitrogens is 3. The molecule has 7 amide bonds. The van der Waals surface area contributed by atoms with Gasteiger partial charge in [-0.25, -0.2) is 4.79 Å². The summed E-state index contributed by atoms with van der Waals surface area (Å²) in [4.78, 5) is 92.5. The van der Waals surface area contributed by atoms with E-state index < -0.39 is 35.6 Å². The Labute approximate surface area is 352 Å². The second kappa shape index (κ2) is 15.4. The molecule has 10 rings (SSSR count). The van der Waals surface area contributed by atoms with Crippen molar-refractivity contribution in [1.82, 2.24) is 40.1 Å². The molecule has 7 heterocycles. The number of piperidine rings is 4. The van der Waals surface area contributed by atoms with E-state index in [1.165, 1.54) is 5.56 Å². The Hall–Kier alpha value is -6.17. The number of primary amides is 1. The first kappa shape index (κ1) is 39.0. The third-order valence-electron chi connectivity index (χ3n) is 14.2. The Bertz CT molecular complexity index is 2310. The van der Waals surface area contributed by atoms with Gasteiger partial charge in [0.2, 0.25) is 17.8 Å². The van der Waals surface area contributed by atoms with E-state index >= 15 is 0 Å². The topological polar surface area (TPSA) is 211 Å². The summed E-state index contributed by atoms with van der Waals surface area (Å²) in [6, 6.07) is 13.3. The van der Waals surface area contributed by atoms with E-state index in [9.17, 15) is 28.8 Å². The monoisotopic (exact) mass is 830 g/mol. The van der Waals surface area contributed by atoms with E-state index in [-0.39, 0.29) is 42.5 Å². The second-order valence-corrected chi connectivity index (χ2v) is 17.6. The molecule has 18 nitrogen and oxygen atoms in total. The third kappa shape index (κ3) is 6.99. The van der Waals surface area contributed by atoms with Gasteiger partial charge in [0, 0.05) is 63.6 Å². The number of urea groups is 1. The first-order valence-corrected chi connectivity index (χ1v) is 21.5. The van der Waals surface area contributed by atoms with Crippen LogP contribution in [0.1, 0.15) is 94.1 Å². The molecule has 2 aromatic carbocycles. The summed E-state index contributed by atoms with van der Waals surface area (Å²) in [5.74, 6) is -1.15. The molecule has 6 aliphatic heterocycles. The number of carbonyl (C=O) groups excluding carboxylic acids is 6. The normalized spacial score (nSPS) is 26.2. The van der Waals surface area contributed by atoms with Crippen LogP contribution in [0.3, 0.4) is 0 Å². The van der Waals surface area contributed by atoms with Crippen molar-refractivity contribution < 1.29 is 28.8 Å². The molecule has 1 aliphatic carbocycles. The lowest BCUT2D eigenvalue weighted by molar-refractivity contribution is -0.136. The zero-order valence-electron chi connectivity index (χ0n) is 34.2. The molecule has 6 fully saturated rings. The number of carbonyl (C=O) groups is 6. The number of likely N-dealkylation sites (tertiary alicyclic amines) is 1. The van der Waals surface area contributed by atoms with Gasteiger partial charge in [-0.1, -0.05) is 12.1 Å². The van der Waals surface area contributed by atoms with Gasteiger partial charge in [-0.15, -0.1) is 10.2 Å². The maximum absolute atomic E-state index is 13.4. The number of likely N-dealkylation sites (N-methyl/N-ethyl adjacent to an activating group) is 1. The Balaban J connectivity index is 0.731. The highest BCUT2D eigenvalue weighted by Crippen LogP contribution is 2.43. The Morgan fingerprint density at radius 3 is 2.20 bits per heavy atom. The number of nitrogens with zero attached hydrogens (tertiary/aromatic N) is 9. The van der Waals surface area contributed by atoms with Crippen LogP contribution < -0.4 is 26.2 Å². The molecule has 318 valence electrons. The SMILES string of the molecule is CN1CCN(C2CC3CC2N(c2nnc(C(N)=O)c(Nc4ccc(C5CCN(C6CCN(c7ccc8c(c7)C(=O)N(C7CCC(=O)NC7=O)C8=O)CC6)CC5)cc4)n2)C3)C1=O. The second-order valence-electron chi connectivity index (χ2n) is 17.6. The van der Waals surface area contributed by atoms with Gasteiger partial charge in [0.1, 0.15) is 6.04 Å². The minimum absolute atomic E-state index is 0.0273. The lowest BCUT2D eigenvalue weighted by atomic mass is 9.88. The standard InChI is InChI=1S/C43H50N12O6/c1-50-18-19-53(43(50)61)33-20-24-21-34(33)54(23-24)42-47-38(36(37(44)57)48-49-42)45-27-4-2-25(3-5-27)26-10-14-51(15-11-26)28-12-16-52(17-13-28)29-6-7-30-31(22-29)41(60)55(40(30)59)32-8-9-35(56)46-39(32)58/h2-7,22,24,26,28,32-34H,8-21,23H2,1H3,(H2,44,57)(H,45,47,49)(H,46,56,58). The number of nitrogens with one attached hydrogen (secondary N) is 2. The van der Waals surface area contributed by atoms with E-state index in [0.29, 0.717) is 41.5 Å². The van der Waals surface area contributed by atoms with Gasteiger partial charge < -0.3 is 35.6 Å². The van der Waals surface area contributed by atoms with Crippen LogP contribution in [0.4, 0.5) is 27.9 Å². The molecular formula is C43H50N12O6. The molecule has 2 bridgehead atoms. The maximum Gasteiger partial charge on any atom is 0.320 e. The number of amides is 7. The fourth-order valence-corrected chi connectivity index (χ4v) is 10.9. The van der Waals surface area contributed by atoms with Crippen molar-refractivity contribution in [2.75, 3.05) is 68.0 Å². The molecule has 0 radical (unpaired) electrons. The number of imide groups is 2. The van der Waals surface area contributed by atoms with E-state index in [1.807, 2.05) is 30.1 Å². The van der Waals surface area contributed by atoms with Crippen molar-refractivity contribution in [3.8, 4) is 0 Å². The average molecular weight is 831 g/mol. The highest BCUT2D eigenvalue weighted by molar-refractivity contribution is 6.23. The molecule has 4 unspecified atom stereocenters. The van der Waals surface area contributed by atoms with Gasteiger partial charge in [-0.2, -0.15) is 4.98 Å². The first-order valence-electron chi connectivity index (χ1n) is 21.5. The molecule has 4 atom stereocenters. The molecule has 1 aromatic heterocycles. The summed E-state index contributed by atoms with van der Waals surface area (Å²) in [5.41, 5.74) is 9.20. The largest absolute Gasteiger partial charge is 0.371 e. The molecule has 0 spiro atoms. The van der Waals surface area contributed by atoms with Crippen LogP contribution >= 0.6 is 0 Å². The summed E-state index contributed by atoms with van der Waals surface area (Å²) >= 11 is 0. The lowest BCUT2D eigenvalue weighted by Gasteiger charge is -2.42. The predicted molar refractivity (Wildman–Crippen MR) is 222 cm³/mol. The number of anilines is 4. The number of fused-ring (bicyclic) bond motifs is 3. The maximum atomic E-state index is 13.4. The number of hydrogen-bond acceptors (Lipinski definition) is 13. The average Bonchev–Trinajstić information content (AvgIpc) is 4.03. The third-order valence-corrected chi connectivity index (χ3v) is 14.2. The molecule has 61 heavy (non-hydrogen) atoms. The number of rotatable bonds is 9. The smallest absolute Gasteiger partial charge is 0.320 e. The quantitative estimate of drug-likeness (QED) is 0.265. The molecule has 18 heteroatoms. The van der Waals surface area contributed by atoms with Crippen LogP contribution in [0.25, 0.3) is 0 Å². The van der Waals surface area contributed by atoms with Crippen molar-refractivity contribution in [3.05, 3.63) is 64.8 Å². The summed E-state index contributed by atoms with van der Waals surface area (Å²) < 4.78 is 0. The van der Waals surface area contributed by atoms with Crippen molar-refractivity contribution in [1.29, 1.82) is 0 Å². The van der Waals surface area contributed by atoms with Gasteiger partial charge >= 0.3 is 6.03 Å². The number of hydrogen-bond donors (Lipinski definition) is 3. The van der Waals surface area contributed by atoms with E-state index in [2.05, 4.69) is 47.7 Å². The molecule has 5 saturated heterocycles. The Kier molecular flexibility index (Phi) is 9.83. The zero-order chi connectivity index (χ0) is 42.1. The van der Waals surface area contributed by atoms with Crippen LogP contribution in [0, 0.1) is 5.92 Å². The van der Waals surface area contributed by atoms with Crippen LogP contribution in [-0.2, 0) is 9.59 Å². The van der Waals surface area contributed by atoms with Crippen LogP contribution in [0.5, 0.6) is 0 Å². The lowest BCUT2D eigenvalue weighted by Crippen LogP contribution is -2.54. The van der Waals surface area contributed by atoms with Gasteiger partial charge in [0.25, 0.3) is 17.7 Å². The highest BCUT2D eigenvalue weighted by atomic mass is 16.2. The fourth-order valence-electron chi connectivity index (χ4n) is 10.9. The summed E-state index contributed by atoms with van der Waals surface area (Å²) in [6.45, 7) is 5.87. The van der Waals surface area contributed by atoms with E-state index in [0.717, 1.165) is 94.1 Å². The van der Waals surface area contributed by atoms with Crippen LogP contribution in [0.2, 0.25) is 0 Å². The molecule has 7 aliphatic rings. The van der Waals surface area contributed by atoms with Crippen molar-refractivity contribution in [3.63, 3.8) is 0 Å². The van der Waals surface area contributed by atoms with E-state index in [4.69, 9.17) is 10.7 Å². The van der Waals surface area contributed by atoms with Crippen molar-refractivity contribution in [2.45, 2.75) is 81.5 Å². The van der Waals surface area contributed by atoms with Gasteiger partial charge in [0.15, 0.2) is 11.5 Å². The number of nitrogens with two attached hydrogens (primary N) is 1. The van der Waals surface area contributed by atoms with E-state index in [1.54, 1.807) is 17.0 Å². The first-order chi connectivity index (χ1) is 29.5. The molecular weight excluding hydrogens is 781 g/mol. The highest BCUT2D eigenvalue weighted by Gasteiger charge is 2.51. The van der Waals surface area contributed by atoms with Crippen LogP contribution in [0.15, 0.2) is 42.5 Å². The zero-order valence-corrected chi connectivity index (χ0v) is 34.2. The molecule has 3 aromatic rings. The molecule has 4 N–H and O–H groups in total. The van der Waals surface area contributed by atoms with Crippen molar-refractivity contribution >= 4 is 58.7 Å². The van der Waals surface area contributed by atoms with Gasteiger partial charge in [-0.05, 0) is 106 Å². The summed E-state index contributed by atoms with van der Waals surface area (Å²) in [7, 11) is 1.84. The Morgan fingerprint density at radius 2 is 1.52 bits per heavy atom. The number of benzene rings is 2. The van der Waals surface area contributed by atoms with Gasteiger partial charge in [0.05, 0.1) is 23.2 Å². The van der Waals surface area contributed by atoms with Crippen LogP contribution in [-0.4, -0.2) is 147 Å². The predicted octanol–water partition coefficient (Wildman–Crippen LogP) is 2.30. The minimum Gasteiger partial charge on any atom is -0.371 e.